The molecule has 1 aliphatic carbocycles. The molecule has 1 aliphatic rings. The first kappa shape index (κ1) is 13.9. The highest BCUT2D eigenvalue weighted by atomic mass is 79.9. The second-order valence-corrected chi connectivity index (χ2v) is 6.42. The average molecular weight is 355 g/mol. The second-order valence-electron chi connectivity index (χ2n) is 5.16. The molecule has 104 valence electrons. The van der Waals surface area contributed by atoms with Crippen LogP contribution in [-0.4, -0.2) is 6.04 Å². The van der Waals surface area contributed by atoms with Gasteiger partial charge in [0, 0.05) is 16.2 Å². The van der Waals surface area contributed by atoms with E-state index in [2.05, 4.69) is 21.2 Å². The molecule has 1 fully saturated rings. The minimum Gasteiger partial charge on any atom is -0.382 e. The third kappa shape index (κ3) is 2.84. The lowest BCUT2D eigenvalue weighted by Crippen LogP contribution is -2.34. The number of hydrogen-bond donors (Lipinski definition) is 1. The van der Waals surface area contributed by atoms with Crippen LogP contribution in [0.2, 0.25) is 5.02 Å². The number of halogens is 3. The largest absolute Gasteiger partial charge is 0.382 e. The third-order valence-corrected chi connectivity index (χ3v) is 5.01. The molecule has 1 N–H and O–H groups in total. The first-order valence-corrected chi connectivity index (χ1v) is 7.76. The fourth-order valence-electron chi connectivity index (χ4n) is 2.62. The highest BCUT2D eigenvalue weighted by Gasteiger charge is 2.31. The van der Waals surface area contributed by atoms with Crippen LogP contribution in [0.4, 0.5) is 10.1 Å². The zero-order chi connectivity index (χ0) is 14.1. The van der Waals surface area contributed by atoms with Crippen molar-refractivity contribution in [3.05, 3.63) is 63.3 Å². The second kappa shape index (κ2) is 5.74. The smallest absolute Gasteiger partial charge is 0.126 e. The van der Waals surface area contributed by atoms with Crippen LogP contribution in [0.5, 0.6) is 0 Å². The summed E-state index contributed by atoms with van der Waals surface area (Å²) in [6.45, 7) is 0. The maximum Gasteiger partial charge on any atom is 0.126 e. The molecular formula is C16H14BrClFN. The molecule has 1 saturated carbocycles. The van der Waals surface area contributed by atoms with Crippen LogP contribution in [-0.2, 0) is 0 Å². The summed E-state index contributed by atoms with van der Waals surface area (Å²) in [6.07, 6.45) is 1.91. The summed E-state index contributed by atoms with van der Waals surface area (Å²) < 4.78 is 14.6. The Balaban J connectivity index is 1.61. The Morgan fingerprint density at radius 3 is 2.60 bits per heavy atom. The predicted molar refractivity (Wildman–Crippen MR) is 84.9 cm³/mol. The van der Waals surface area contributed by atoms with Gasteiger partial charge in [-0.05, 0) is 64.5 Å². The summed E-state index contributed by atoms with van der Waals surface area (Å²) in [5.74, 6) is 0.224. The van der Waals surface area contributed by atoms with E-state index >= 15 is 0 Å². The van der Waals surface area contributed by atoms with E-state index in [9.17, 15) is 4.39 Å². The number of nitrogens with one attached hydrogen (secondary N) is 1. The summed E-state index contributed by atoms with van der Waals surface area (Å²) in [5.41, 5.74) is 1.84. The molecule has 0 amide bonds. The molecule has 0 radical (unpaired) electrons. The van der Waals surface area contributed by atoms with Crippen LogP contribution in [0.15, 0.2) is 46.9 Å². The van der Waals surface area contributed by atoms with Gasteiger partial charge in [-0.25, -0.2) is 4.39 Å². The quantitative estimate of drug-likeness (QED) is 0.756. The van der Waals surface area contributed by atoms with Gasteiger partial charge < -0.3 is 5.32 Å². The fraction of sp³-hybridized carbons (Fsp3) is 0.250. The molecule has 0 unspecified atom stereocenters. The van der Waals surface area contributed by atoms with Crippen molar-refractivity contribution < 1.29 is 4.39 Å². The van der Waals surface area contributed by atoms with Crippen molar-refractivity contribution in [2.75, 3.05) is 5.32 Å². The Morgan fingerprint density at radius 1 is 1.15 bits per heavy atom. The van der Waals surface area contributed by atoms with Gasteiger partial charge in [0.05, 0.1) is 5.02 Å². The van der Waals surface area contributed by atoms with Crippen molar-refractivity contribution in [1.82, 2.24) is 0 Å². The third-order valence-electron chi connectivity index (χ3n) is 3.77. The monoisotopic (exact) mass is 353 g/mol. The van der Waals surface area contributed by atoms with Crippen LogP contribution in [0.3, 0.4) is 0 Å². The van der Waals surface area contributed by atoms with Gasteiger partial charge in [-0.2, -0.15) is 0 Å². The molecule has 0 heterocycles. The van der Waals surface area contributed by atoms with Crippen LogP contribution in [0.1, 0.15) is 24.3 Å². The molecule has 2 aromatic carbocycles. The van der Waals surface area contributed by atoms with Gasteiger partial charge in [-0.3, -0.25) is 0 Å². The molecule has 4 heteroatoms. The van der Waals surface area contributed by atoms with Crippen molar-refractivity contribution in [3.8, 4) is 0 Å². The van der Waals surface area contributed by atoms with Gasteiger partial charge in [0.1, 0.15) is 5.82 Å². The van der Waals surface area contributed by atoms with E-state index in [1.165, 1.54) is 6.07 Å². The Morgan fingerprint density at radius 2 is 1.90 bits per heavy atom. The molecule has 20 heavy (non-hydrogen) atoms. The lowest BCUT2D eigenvalue weighted by Gasteiger charge is -2.37. The number of rotatable bonds is 3. The topological polar surface area (TPSA) is 12.0 Å². The van der Waals surface area contributed by atoms with Crippen LogP contribution in [0.25, 0.3) is 0 Å². The number of benzene rings is 2. The highest BCUT2D eigenvalue weighted by molar-refractivity contribution is 9.10. The van der Waals surface area contributed by atoms with Crippen LogP contribution < -0.4 is 5.32 Å². The molecule has 0 atom stereocenters. The molecule has 3 rings (SSSR count). The van der Waals surface area contributed by atoms with E-state index in [-0.39, 0.29) is 5.82 Å². The maximum atomic E-state index is 13.7. The molecule has 0 aromatic heterocycles. The summed E-state index contributed by atoms with van der Waals surface area (Å²) in [5, 5.41) is 4.13. The molecule has 2 aromatic rings. The molecule has 0 bridgehead atoms. The molecule has 0 aliphatic heterocycles. The van der Waals surface area contributed by atoms with Gasteiger partial charge in [0.2, 0.25) is 0 Å². The van der Waals surface area contributed by atoms with Gasteiger partial charge in [0.25, 0.3) is 0 Å². The molecule has 0 spiro atoms. The van der Waals surface area contributed by atoms with Crippen molar-refractivity contribution >= 4 is 33.2 Å². The van der Waals surface area contributed by atoms with E-state index in [4.69, 9.17) is 11.6 Å². The fourth-order valence-corrected chi connectivity index (χ4v) is 3.04. The zero-order valence-corrected chi connectivity index (χ0v) is 13.1. The van der Waals surface area contributed by atoms with Crippen molar-refractivity contribution in [2.45, 2.75) is 24.8 Å². The standard InChI is InChI=1S/C16H14BrClFN/c17-14-6-5-11(9-15(14)18)20-12-7-10(8-12)13-3-1-2-4-16(13)19/h1-6,9-10,12,20H,7-8H2. The average Bonchev–Trinajstić information content (AvgIpc) is 2.39. The Hall–Kier alpha value is -1.06. The SMILES string of the molecule is Fc1ccccc1C1CC(Nc2ccc(Br)c(Cl)c2)C1. The first-order valence-electron chi connectivity index (χ1n) is 6.59. The Kier molecular flexibility index (Phi) is 3.99. The van der Waals surface area contributed by atoms with Gasteiger partial charge in [-0.1, -0.05) is 29.8 Å². The summed E-state index contributed by atoms with van der Waals surface area (Å²) in [4.78, 5) is 0. The van der Waals surface area contributed by atoms with E-state index < -0.39 is 0 Å². The minimum absolute atomic E-state index is 0.0948. The Bertz CT molecular complexity index is 626. The van der Waals surface area contributed by atoms with E-state index in [1.807, 2.05) is 30.3 Å². The lowest BCUT2D eigenvalue weighted by molar-refractivity contribution is 0.363. The number of hydrogen-bond acceptors (Lipinski definition) is 1. The first-order chi connectivity index (χ1) is 9.63. The van der Waals surface area contributed by atoms with E-state index in [0.29, 0.717) is 17.0 Å². The molecular weight excluding hydrogens is 341 g/mol. The number of anilines is 1. The lowest BCUT2D eigenvalue weighted by atomic mass is 9.75. The Labute approximate surface area is 131 Å². The normalized spacial score (nSPS) is 21.4. The summed E-state index contributed by atoms with van der Waals surface area (Å²) >= 11 is 9.44. The van der Waals surface area contributed by atoms with Gasteiger partial charge >= 0.3 is 0 Å². The highest BCUT2D eigenvalue weighted by Crippen LogP contribution is 2.39. The van der Waals surface area contributed by atoms with Gasteiger partial charge in [-0.15, -0.1) is 0 Å². The van der Waals surface area contributed by atoms with Crippen molar-refractivity contribution in [3.63, 3.8) is 0 Å². The van der Waals surface area contributed by atoms with Crippen LogP contribution in [0, 0.1) is 5.82 Å². The van der Waals surface area contributed by atoms with Crippen molar-refractivity contribution in [1.29, 1.82) is 0 Å². The summed E-state index contributed by atoms with van der Waals surface area (Å²) in [7, 11) is 0. The zero-order valence-electron chi connectivity index (χ0n) is 10.7. The van der Waals surface area contributed by atoms with Crippen molar-refractivity contribution in [2.24, 2.45) is 0 Å². The predicted octanol–water partition coefficient (Wildman–Crippen LogP) is 5.60. The van der Waals surface area contributed by atoms with Gasteiger partial charge in [0.15, 0.2) is 0 Å². The minimum atomic E-state index is -0.0948. The molecule has 1 nitrogen and oxygen atoms in total. The maximum absolute atomic E-state index is 13.7. The summed E-state index contributed by atoms with van der Waals surface area (Å²) in [6, 6.07) is 13.3. The van der Waals surface area contributed by atoms with E-state index in [1.54, 1.807) is 6.07 Å². The molecule has 0 saturated heterocycles. The van der Waals surface area contributed by atoms with Crippen LogP contribution >= 0.6 is 27.5 Å². The van der Waals surface area contributed by atoms with E-state index in [0.717, 1.165) is 28.6 Å².